The van der Waals surface area contributed by atoms with Gasteiger partial charge in [0.25, 0.3) is 5.79 Å². The molecule has 8 unspecified atom stereocenters. The van der Waals surface area contributed by atoms with E-state index in [-0.39, 0.29) is 0 Å². The van der Waals surface area contributed by atoms with Gasteiger partial charge in [-0.05, 0) is 6.92 Å². The van der Waals surface area contributed by atoms with E-state index >= 15 is 0 Å². The van der Waals surface area contributed by atoms with Crippen LogP contribution in [0, 0.1) is 5.92 Å². The third-order valence-electron chi connectivity index (χ3n) is 10.5. The molecule has 55 heavy (non-hydrogen) atoms. The number of carbonyl (C=O) groups excluding carboxylic acids is 1. The third-order valence-corrected chi connectivity index (χ3v) is 10.5. The summed E-state index contributed by atoms with van der Waals surface area (Å²) in [5, 5.41) is 129. The van der Waals surface area contributed by atoms with E-state index in [1.165, 1.54) is 21.0 Å². The van der Waals surface area contributed by atoms with Gasteiger partial charge in [0.15, 0.2) is 12.6 Å². The minimum absolute atomic E-state index is 0.666. The molecule has 23 nitrogen and oxygen atoms in total. The smallest absolute Gasteiger partial charge is 0.364 e. The van der Waals surface area contributed by atoms with Crippen LogP contribution >= 0.6 is 0 Å². The lowest BCUT2D eigenvalue weighted by molar-refractivity contribution is -0.399. The number of aliphatic carboxylic acids is 1. The number of carboxylic acid groups (broad SMARTS) is 1. The fourth-order valence-electron chi connectivity index (χ4n) is 7.30. The molecule has 4 heterocycles. The molecule has 0 aliphatic carbocycles. The van der Waals surface area contributed by atoms with Crippen LogP contribution in [0.4, 0.5) is 0 Å². The zero-order chi connectivity index (χ0) is 41.1. The highest BCUT2D eigenvalue weighted by molar-refractivity contribution is 5.76. The first-order chi connectivity index (χ1) is 25.9. The minimum atomic E-state index is -3.00. The molecule has 0 saturated carbocycles. The van der Waals surface area contributed by atoms with Crippen LogP contribution in [-0.2, 0) is 47.5 Å². The molecule has 4 rings (SSSR count). The van der Waals surface area contributed by atoms with Crippen molar-refractivity contribution in [3.63, 3.8) is 0 Å². The summed E-state index contributed by atoms with van der Waals surface area (Å²) in [6.07, 6.45) is -31.2. The van der Waals surface area contributed by atoms with Gasteiger partial charge in [-0.15, -0.1) is 0 Å². The number of hydrogen-bond donors (Lipinski definition) is 13. The highest BCUT2D eigenvalue weighted by Gasteiger charge is 2.60. The lowest BCUT2D eigenvalue weighted by Crippen LogP contribution is -2.70. The SMILES string of the molecule is CO[C@@H]1C(NC(C)=O)[C@H](O[C@H]2C(CO)O[C@@H](O[C@@H]3C(CO)OC(C)C(O)[C@H]3O)C(O)[C@H]2O[C@]2(C(=O)O)CC(O)[C@@H](C)[C@H]([C@H](O)[C@H](O)CO)O2)OC(CO)[C@@H]1O. The van der Waals surface area contributed by atoms with Gasteiger partial charge < -0.3 is 104 Å². The van der Waals surface area contributed by atoms with E-state index in [4.69, 9.17) is 37.9 Å². The monoisotopic (exact) mass is 805 g/mol. The molecule has 1 amide bonds. The van der Waals surface area contributed by atoms with Gasteiger partial charge in [0.05, 0.1) is 44.7 Å². The molecule has 23 heteroatoms. The first-order valence-corrected chi connectivity index (χ1v) is 17.8. The number of nitrogens with one attached hydrogen (secondary N) is 1. The van der Waals surface area contributed by atoms with Crippen LogP contribution in [0.1, 0.15) is 27.2 Å². The summed E-state index contributed by atoms with van der Waals surface area (Å²) in [4.78, 5) is 25.4. The van der Waals surface area contributed by atoms with Crippen molar-refractivity contribution in [1.29, 1.82) is 0 Å². The van der Waals surface area contributed by atoms with Gasteiger partial charge in [-0.25, -0.2) is 4.79 Å². The fraction of sp³-hybridized carbons (Fsp3) is 0.938. The largest absolute Gasteiger partial charge is 0.477 e. The van der Waals surface area contributed by atoms with Crippen LogP contribution in [-0.4, -0.2) is 229 Å². The molecule has 4 aliphatic rings. The van der Waals surface area contributed by atoms with Gasteiger partial charge in [-0.3, -0.25) is 4.79 Å². The third kappa shape index (κ3) is 9.57. The van der Waals surface area contributed by atoms with E-state index < -0.39 is 173 Å². The maximum absolute atomic E-state index is 13.1. The van der Waals surface area contributed by atoms with Crippen molar-refractivity contribution >= 4 is 11.9 Å². The first kappa shape index (κ1) is 45.9. The lowest BCUT2D eigenvalue weighted by atomic mass is 9.84. The topological polar surface area (TPSA) is 363 Å². The average molecular weight is 806 g/mol. The predicted molar refractivity (Wildman–Crippen MR) is 174 cm³/mol. The number of carboxylic acids is 1. The summed E-state index contributed by atoms with van der Waals surface area (Å²) in [6, 6.07) is -1.38. The summed E-state index contributed by atoms with van der Waals surface area (Å²) in [7, 11) is 1.18. The molecule has 13 N–H and O–H groups in total. The Balaban J connectivity index is 1.80. The Hall–Kier alpha value is -1.82. The molecule has 320 valence electrons. The lowest BCUT2D eigenvalue weighted by Gasteiger charge is -2.52. The highest BCUT2D eigenvalue weighted by Crippen LogP contribution is 2.41. The van der Waals surface area contributed by atoms with E-state index in [9.17, 15) is 70.9 Å². The Kier molecular flexibility index (Phi) is 16.1. The van der Waals surface area contributed by atoms with Crippen molar-refractivity contribution in [2.75, 3.05) is 33.5 Å². The molecule has 0 radical (unpaired) electrons. The molecule has 4 aliphatic heterocycles. The second-order valence-electron chi connectivity index (χ2n) is 14.2. The van der Waals surface area contributed by atoms with Crippen molar-refractivity contribution in [3.8, 4) is 0 Å². The van der Waals surface area contributed by atoms with E-state index in [0.29, 0.717) is 0 Å². The molecule has 0 aromatic heterocycles. The zero-order valence-corrected chi connectivity index (χ0v) is 30.5. The number of aliphatic hydroxyl groups is 11. The molecular weight excluding hydrogens is 750 g/mol. The summed E-state index contributed by atoms with van der Waals surface area (Å²) >= 11 is 0. The Morgan fingerprint density at radius 2 is 1.36 bits per heavy atom. The van der Waals surface area contributed by atoms with E-state index in [2.05, 4.69) is 5.32 Å². The summed E-state index contributed by atoms with van der Waals surface area (Å²) in [6.45, 7) is 0.346. The number of ether oxygens (including phenoxy) is 8. The number of hydrogen-bond acceptors (Lipinski definition) is 21. The number of aliphatic hydroxyl groups excluding tert-OH is 11. The van der Waals surface area contributed by atoms with Crippen LogP contribution in [0.3, 0.4) is 0 Å². The van der Waals surface area contributed by atoms with Crippen LogP contribution < -0.4 is 5.32 Å². The maximum Gasteiger partial charge on any atom is 0.364 e. The van der Waals surface area contributed by atoms with Crippen molar-refractivity contribution < 1.29 is 109 Å². The first-order valence-electron chi connectivity index (χ1n) is 17.8. The summed E-state index contributed by atoms with van der Waals surface area (Å²) in [5.74, 6) is -6.66. The van der Waals surface area contributed by atoms with Crippen molar-refractivity contribution in [3.05, 3.63) is 0 Å². The molecular formula is C32H55NO22. The van der Waals surface area contributed by atoms with Crippen LogP contribution in [0.25, 0.3) is 0 Å². The Morgan fingerprint density at radius 3 is 1.91 bits per heavy atom. The molecule has 21 atom stereocenters. The zero-order valence-electron chi connectivity index (χ0n) is 30.5. The Labute approximate surface area is 314 Å². The normalized spacial score (nSPS) is 46.5. The Morgan fingerprint density at radius 1 is 0.782 bits per heavy atom. The van der Waals surface area contributed by atoms with Gasteiger partial charge >= 0.3 is 5.97 Å². The van der Waals surface area contributed by atoms with Crippen LogP contribution in [0.15, 0.2) is 0 Å². The second kappa shape index (κ2) is 19.3. The van der Waals surface area contributed by atoms with Crippen LogP contribution in [0.5, 0.6) is 0 Å². The van der Waals surface area contributed by atoms with Gasteiger partial charge in [0, 0.05) is 26.4 Å². The van der Waals surface area contributed by atoms with Crippen molar-refractivity contribution in [2.45, 2.75) is 149 Å². The number of amides is 1. The number of rotatable bonds is 15. The van der Waals surface area contributed by atoms with Crippen molar-refractivity contribution in [2.24, 2.45) is 5.92 Å². The summed E-state index contributed by atoms with van der Waals surface area (Å²) < 4.78 is 46.3. The second-order valence-corrected chi connectivity index (χ2v) is 14.2. The molecule has 0 aromatic carbocycles. The van der Waals surface area contributed by atoms with E-state index in [0.717, 1.165) is 6.92 Å². The van der Waals surface area contributed by atoms with Gasteiger partial charge in [0.2, 0.25) is 5.91 Å². The van der Waals surface area contributed by atoms with Gasteiger partial charge in [-0.2, -0.15) is 0 Å². The molecule has 0 aromatic rings. The van der Waals surface area contributed by atoms with Crippen molar-refractivity contribution in [1.82, 2.24) is 5.32 Å². The fourth-order valence-corrected chi connectivity index (χ4v) is 7.30. The molecule has 0 bridgehead atoms. The number of methoxy groups -OCH3 is 1. The highest BCUT2D eigenvalue weighted by atomic mass is 16.8. The molecule has 0 spiro atoms. The average Bonchev–Trinajstić information content (AvgIpc) is 3.15. The Bertz CT molecular complexity index is 1250. The number of carbonyl (C=O) groups is 2. The van der Waals surface area contributed by atoms with Crippen LogP contribution in [0.2, 0.25) is 0 Å². The maximum atomic E-state index is 13.1. The minimum Gasteiger partial charge on any atom is -0.477 e. The van der Waals surface area contributed by atoms with Gasteiger partial charge in [-0.1, -0.05) is 6.92 Å². The van der Waals surface area contributed by atoms with E-state index in [1.54, 1.807) is 0 Å². The molecule has 4 saturated heterocycles. The quantitative estimate of drug-likeness (QED) is 0.0731. The van der Waals surface area contributed by atoms with Gasteiger partial charge in [0.1, 0.15) is 85.4 Å². The standard InChI is InChI=1S/C32H55NO22/c1-10-13(39)5-32(31(46)47,54-24(10)20(42)14(40)6-34)55-28-23(45)30(52-25-16(8-36)49-11(2)19(41)22(25)44)51-17(9-37)26(28)53-29-18(33-12(3)38)27(48-4)21(43)15(7-35)50-29/h10-11,13-30,34-37,39-45H,5-9H2,1-4H3,(H,33,38)(H,46,47)/t10-,11?,13?,14-,15?,16?,17?,18?,19?,20-,21+,22-,23?,24-,25-,26+,27-,28-,29+,30+,32+/m1/s1. The van der Waals surface area contributed by atoms with E-state index in [1.807, 2.05) is 0 Å². The predicted octanol–water partition coefficient (Wildman–Crippen LogP) is -7.40. The summed E-state index contributed by atoms with van der Waals surface area (Å²) in [5.41, 5.74) is 0. The molecule has 4 fully saturated rings.